The number of aryl methyl sites for hydroxylation is 4. The van der Waals surface area contributed by atoms with Crippen LogP contribution < -0.4 is 33.5 Å². The van der Waals surface area contributed by atoms with Gasteiger partial charge in [-0.25, -0.2) is 5.06 Å². The van der Waals surface area contributed by atoms with Crippen molar-refractivity contribution < 1.29 is 39.1 Å². The van der Waals surface area contributed by atoms with Gasteiger partial charge in [-0.05, 0) is 138 Å². The molecule has 0 radical (unpaired) electrons. The Labute approximate surface area is 337 Å². The fourth-order valence-corrected chi connectivity index (χ4v) is 9.19. The average Bonchev–Trinajstić information content (AvgIpc) is 3.37. The van der Waals surface area contributed by atoms with Crippen molar-refractivity contribution in [3.8, 4) is 0 Å². The molecule has 4 atom stereocenters. The van der Waals surface area contributed by atoms with Gasteiger partial charge in [0.15, 0.2) is 0 Å². The molecule has 0 aromatic heterocycles. The molecule has 4 aromatic rings. The number of halogens is 1. The van der Waals surface area contributed by atoms with Crippen LogP contribution >= 0.6 is 22.6 Å². The summed E-state index contributed by atoms with van der Waals surface area (Å²) in [4.78, 5) is 62.6. The number of carboxylic acid groups (broad SMARTS) is 2. The summed E-state index contributed by atoms with van der Waals surface area (Å²) in [6.45, 7) is 1.68. The highest BCUT2D eigenvalue weighted by Gasteiger charge is 2.48. The van der Waals surface area contributed by atoms with Crippen molar-refractivity contribution in [1.29, 1.82) is 0 Å². The molecule has 4 aromatic carbocycles. The first-order valence-corrected chi connectivity index (χ1v) is 19.3. The number of amides is 2. The number of hydrogen-bond acceptors (Lipinski definition) is 10. The highest BCUT2D eigenvalue weighted by molar-refractivity contribution is 14.1. The third-order valence-corrected chi connectivity index (χ3v) is 11.3. The minimum atomic E-state index is -1.53. The molecular formula is C41H45IN6O8. The van der Waals surface area contributed by atoms with Gasteiger partial charge in [0.2, 0.25) is 11.8 Å². The van der Waals surface area contributed by atoms with Crippen LogP contribution in [0.5, 0.6) is 0 Å². The van der Waals surface area contributed by atoms with E-state index in [2.05, 4.69) is 5.48 Å². The van der Waals surface area contributed by atoms with E-state index in [0.29, 0.717) is 70.4 Å². The molecule has 2 amide bonds. The molecule has 0 fully saturated rings. The number of fused-ring (bicyclic) bond motifs is 4. The van der Waals surface area contributed by atoms with E-state index in [1.165, 1.54) is 7.11 Å². The highest BCUT2D eigenvalue weighted by atomic mass is 127. The van der Waals surface area contributed by atoms with E-state index < -0.39 is 44.7 Å². The van der Waals surface area contributed by atoms with E-state index in [4.69, 9.17) is 32.6 Å². The topological polar surface area (TPSA) is 247 Å². The van der Waals surface area contributed by atoms with Crippen molar-refractivity contribution in [3.63, 3.8) is 0 Å². The van der Waals surface area contributed by atoms with Crippen LogP contribution in [0.15, 0.2) is 72.8 Å². The van der Waals surface area contributed by atoms with Crippen molar-refractivity contribution in [3.05, 3.63) is 128 Å². The summed E-state index contributed by atoms with van der Waals surface area (Å²) in [6.07, 6.45) is 1.90. The van der Waals surface area contributed by atoms with Gasteiger partial charge in [0.25, 0.3) is 0 Å². The number of hydrogen-bond donors (Lipinski definition) is 7. The van der Waals surface area contributed by atoms with Crippen LogP contribution in [0.3, 0.4) is 0 Å². The van der Waals surface area contributed by atoms with Crippen LogP contribution in [-0.4, -0.2) is 57.9 Å². The number of carbonyl (C=O) groups is 4. The SMILES string of the molecule is CONCON(c1ccc2c(c1)CCc1cc(C(N)=O)ccc1C2(C[C@H](C)N)C(=O)O)c1ccc2c(c1)CCc1cc(C(N)=O)ccc1C2(C[C@H](N)I)C(=O)O. The predicted molar refractivity (Wildman–Crippen MR) is 218 cm³/mol. The number of rotatable bonds is 14. The number of primary amides is 2. The number of hydroxylamine groups is 1. The second-order valence-electron chi connectivity index (χ2n) is 14.4. The summed E-state index contributed by atoms with van der Waals surface area (Å²) in [5, 5.41) is 23.7. The van der Waals surface area contributed by atoms with Gasteiger partial charge >= 0.3 is 11.9 Å². The summed E-state index contributed by atoms with van der Waals surface area (Å²) in [7, 11) is 1.45. The van der Waals surface area contributed by atoms with Gasteiger partial charge in [-0.1, -0.05) is 46.9 Å². The minimum absolute atomic E-state index is 0.0804. The van der Waals surface area contributed by atoms with Gasteiger partial charge in [0.05, 0.1) is 22.5 Å². The number of nitrogens with one attached hydrogen (secondary N) is 1. The fraction of sp³-hybridized carbons (Fsp3) is 0.317. The third-order valence-electron chi connectivity index (χ3n) is 10.8. The zero-order valence-electron chi connectivity index (χ0n) is 31.0. The Balaban J connectivity index is 1.51. The maximum absolute atomic E-state index is 13.5. The van der Waals surface area contributed by atoms with E-state index in [0.717, 1.165) is 11.1 Å². The lowest BCUT2D eigenvalue weighted by Gasteiger charge is -2.35. The molecule has 0 spiro atoms. The Kier molecular flexibility index (Phi) is 11.8. The standard InChI is InChI=1S/C41H45IN6O8/c1-22(43)19-40(38(51)52)31-11-7-27(36(45)49)15-23(31)3-5-25-17-29(9-13-33(25)40)48(56-21-47-55-2)30-10-14-34-26(18-30)6-4-24-16-28(37(46)50)8-12-32(24)41(34,39(53)54)20-35(42)44/h7-18,22,35,47H,3-6,19-21,43-44H2,1-2H3,(H2,45,49)(H2,46,50)(H,51,52)(H,53,54)/t22-,35-,40?,41?/m0/s1. The molecular weight excluding hydrogens is 831 g/mol. The van der Waals surface area contributed by atoms with Crippen molar-refractivity contribution in [1.82, 2.24) is 5.48 Å². The molecule has 56 heavy (non-hydrogen) atoms. The number of benzene rings is 4. The Hall–Kier alpha value is -4.91. The summed E-state index contributed by atoms with van der Waals surface area (Å²) in [6, 6.07) is 20.2. The normalized spacial score (nSPS) is 19.5. The summed E-state index contributed by atoms with van der Waals surface area (Å²) < 4.78 is -0.522. The first kappa shape index (κ1) is 40.7. The van der Waals surface area contributed by atoms with Crippen LogP contribution in [0, 0.1) is 0 Å². The Morgan fingerprint density at radius 2 is 1.11 bits per heavy atom. The van der Waals surface area contributed by atoms with Gasteiger partial charge in [0, 0.05) is 17.2 Å². The van der Waals surface area contributed by atoms with Gasteiger partial charge < -0.3 is 38.0 Å². The molecule has 11 N–H and O–H groups in total. The zero-order valence-corrected chi connectivity index (χ0v) is 33.2. The Morgan fingerprint density at radius 1 is 0.714 bits per heavy atom. The second-order valence-corrected chi connectivity index (χ2v) is 16.0. The summed E-state index contributed by atoms with van der Waals surface area (Å²) >= 11 is 2.03. The molecule has 0 aliphatic heterocycles. The van der Waals surface area contributed by atoms with Gasteiger partial charge in [-0.2, -0.15) is 5.48 Å². The maximum atomic E-state index is 13.5. The number of nitrogens with zero attached hydrogens (tertiary/aromatic N) is 1. The number of alkyl halides is 1. The maximum Gasteiger partial charge on any atom is 0.318 e. The van der Waals surface area contributed by atoms with E-state index >= 15 is 0 Å². The second kappa shape index (κ2) is 16.3. The molecule has 0 bridgehead atoms. The average molecular weight is 877 g/mol. The Morgan fingerprint density at radius 3 is 1.46 bits per heavy atom. The van der Waals surface area contributed by atoms with Crippen molar-refractivity contribution >= 4 is 57.7 Å². The lowest BCUT2D eigenvalue weighted by molar-refractivity contribution is -0.143. The number of aliphatic carboxylic acids is 2. The van der Waals surface area contributed by atoms with E-state index in [1.54, 1.807) is 72.7 Å². The molecule has 2 unspecified atom stereocenters. The molecule has 0 saturated heterocycles. The quantitative estimate of drug-likeness (QED) is 0.0239. The molecule has 0 heterocycles. The number of carbonyl (C=O) groups excluding carboxylic acids is 2. The number of carboxylic acids is 2. The van der Waals surface area contributed by atoms with Crippen LogP contribution in [0.1, 0.15) is 85.0 Å². The smallest absolute Gasteiger partial charge is 0.318 e. The molecule has 15 heteroatoms. The van der Waals surface area contributed by atoms with Gasteiger partial charge in [-0.3, -0.25) is 24.0 Å². The van der Waals surface area contributed by atoms with Crippen LogP contribution in [0.25, 0.3) is 0 Å². The van der Waals surface area contributed by atoms with Crippen LogP contribution in [0.4, 0.5) is 11.4 Å². The number of anilines is 2. The summed E-state index contributed by atoms with van der Waals surface area (Å²) in [5.41, 5.74) is 30.3. The minimum Gasteiger partial charge on any atom is -0.480 e. The first-order chi connectivity index (χ1) is 26.6. The third kappa shape index (κ3) is 7.37. The Bertz CT molecular complexity index is 2060. The molecule has 294 valence electrons. The van der Waals surface area contributed by atoms with Gasteiger partial charge in [-0.15, -0.1) is 0 Å². The molecule has 2 aliphatic rings. The van der Waals surface area contributed by atoms with Crippen molar-refractivity contribution in [2.75, 3.05) is 18.9 Å². The zero-order chi connectivity index (χ0) is 40.5. The van der Waals surface area contributed by atoms with E-state index in [-0.39, 0.29) is 30.7 Å². The van der Waals surface area contributed by atoms with Crippen LogP contribution in [-0.2, 0) is 55.8 Å². The highest BCUT2D eigenvalue weighted by Crippen LogP contribution is 2.47. The van der Waals surface area contributed by atoms with E-state index in [9.17, 15) is 29.4 Å². The fourth-order valence-electron chi connectivity index (χ4n) is 8.53. The van der Waals surface area contributed by atoms with Crippen LogP contribution in [0.2, 0.25) is 0 Å². The van der Waals surface area contributed by atoms with E-state index in [1.807, 2.05) is 34.7 Å². The van der Waals surface area contributed by atoms with Crippen molar-refractivity contribution in [2.24, 2.45) is 22.9 Å². The molecule has 14 nitrogen and oxygen atoms in total. The predicted octanol–water partition coefficient (Wildman–Crippen LogP) is 3.85. The largest absolute Gasteiger partial charge is 0.480 e. The first-order valence-electron chi connectivity index (χ1n) is 18.1. The molecule has 0 saturated carbocycles. The molecule has 2 aliphatic carbocycles. The lowest BCUT2D eigenvalue weighted by Crippen LogP contribution is -2.42. The monoisotopic (exact) mass is 876 g/mol. The van der Waals surface area contributed by atoms with Crippen molar-refractivity contribution in [2.45, 2.75) is 66.4 Å². The van der Waals surface area contributed by atoms with Gasteiger partial charge in [0.1, 0.15) is 17.6 Å². The molecule has 6 rings (SSSR count). The lowest BCUT2D eigenvalue weighted by atomic mass is 9.68. The number of nitrogens with two attached hydrogens (primary N) is 4. The summed E-state index contributed by atoms with van der Waals surface area (Å²) in [5.74, 6) is -3.37.